The number of thiophene rings is 1. The maximum Gasteiger partial charge on any atom is 0.0724 e. The van der Waals surface area contributed by atoms with Crippen LogP contribution in [-0.4, -0.2) is 21.7 Å². The van der Waals surface area contributed by atoms with E-state index in [1.165, 1.54) is 17.7 Å². The molecule has 2 atom stereocenters. The van der Waals surface area contributed by atoms with Gasteiger partial charge in [0.25, 0.3) is 0 Å². The average molecular weight is 228 g/mol. The second-order valence-corrected chi connectivity index (χ2v) is 6.53. The van der Waals surface area contributed by atoms with E-state index in [0.29, 0.717) is 0 Å². The molecule has 0 spiro atoms. The van der Waals surface area contributed by atoms with E-state index in [0.717, 1.165) is 12.8 Å². The van der Waals surface area contributed by atoms with Crippen LogP contribution in [0, 0.1) is 0 Å². The van der Waals surface area contributed by atoms with Crippen LogP contribution in [-0.2, 0) is 6.42 Å². The Bertz CT molecular complexity index is 275. The van der Waals surface area contributed by atoms with Gasteiger partial charge in [0.05, 0.1) is 6.10 Å². The van der Waals surface area contributed by atoms with Crippen molar-refractivity contribution in [2.45, 2.75) is 37.0 Å². The van der Waals surface area contributed by atoms with E-state index in [1.54, 1.807) is 11.3 Å². The van der Waals surface area contributed by atoms with E-state index in [1.807, 2.05) is 11.8 Å². The molecular weight excluding hydrogens is 212 g/mol. The van der Waals surface area contributed by atoms with Crippen molar-refractivity contribution in [1.29, 1.82) is 0 Å². The summed E-state index contributed by atoms with van der Waals surface area (Å²) in [6.07, 6.45) is 3.03. The first-order valence-electron chi connectivity index (χ1n) is 5.04. The molecule has 0 radical (unpaired) electrons. The molecule has 1 nitrogen and oxygen atoms in total. The lowest BCUT2D eigenvalue weighted by Gasteiger charge is -2.28. The Morgan fingerprint density at radius 3 is 3.07 bits per heavy atom. The maximum atomic E-state index is 10.2. The predicted molar refractivity (Wildman–Crippen MR) is 64.1 cm³/mol. The Morgan fingerprint density at radius 2 is 2.50 bits per heavy atom. The number of hydrogen-bond donors (Lipinski definition) is 1. The van der Waals surface area contributed by atoms with Crippen molar-refractivity contribution in [3.05, 3.63) is 22.4 Å². The van der Waals surface area contributed by atoms with E-state index >= 15 is 0 Å². The van der Waals surface area contributed by atoms with Crippen LogP contribution in [0.25, 0.3) is 0 Å². The summed E-state index contributed by atoms with van der Waals surface area (Å²) in [4.78, 5) is 0. The molecule has 2 heterocycles. The molecule has 1 N–H and O–H groups in total. The normalized spacial score (nSPS) is 29.3. The molecule has 0 saturated carbocycles. The van der Waals surface area contributed by atoms with Crippen molar-refractivity contribution in [3.63, 3.8) is 0 Å². The fourth-order valence-electron chi connectivity index (χ4n) is 1.91. The van der Waals surface area contributed by atoms with Crippen LogP contribution in [0.3, 0.4) is 0 Å². The zero-order valence-electron chi connectivity index (χ0n) is 8.40. The van der Waals surface area contributed by atoms with E-state index in [2.05, 4.69) is 23.8 Å². The average Bonchev–Trinajstić information content (AvgIpc) is 2.76. The molecule has 1 aliphatic heterocycles. The van der Waals surface area contributed by atoms with Gasteiger partial charge in [0, 0.05) is 11.2 Å². The van der Waals surface area contributed by atoms with Gasteiger partial charge in [-0.05, 0) is 47.9 Å². The standard InChI is InChI=1S/C11H16OS2/c1-11(4-2-5-14-11)10(12)7-9-3-6-13-8-9/h3,6,8,10,12H,2,4-5,7H2,1H3. The van der Waals surface area contributed by atoms with Gasteiger partial charge in [0.2, 0.25) is 0 Å². The van der Waals surface area contributed by atoms with Crippen molar-refractivity contribution < 1.29 is 5.11 Å². The molecule has 1 aromatic heterocycles. The Kier molecular flexibility index (Phi) is 3.20. The van der Waals surface area contributed by atoms with Gasteiger partial charge in [-0.2, -0.15) is 23.1 Å². The number of thioether (sulfide) groups is 1. The van der Waals surface area contributed by atoms with E-state index < -0.39 is 0 Å². The molecule has 14 heavy (non-hydrogen) atoms. The van der Waals surface area contributed by atoms with Gasteiger partial charge in [0.15, 0.2) is 0 Å². The molecule has 0 aliphatic carbocycles. The van der Waals surface area contributed by atoms with E-state index in [4.69, 9.17) is 0 Å². The fourth-order valence-corrected chi connectivity index (χ4v) is 3.91. The van der Waals surface area contributed by atoms with Gasteiger partial charge in [-0.1, -0.05) is 0 Å². The molecule has 2 rings (SSSR count). The van der Waals surface area contributed by atoms with Gasteiger partial charge >= 0.3 is 0 Å². The quantitative estimate of drug-likeness (QED) is 0.858. The third-order valence-electron chi connectivity index (χ3n) is 2.96. The fraction of sp³-hybridized carbons (Fsp3) is 0.636. The first kappa shape index (κ1) is 10.5. The lowest BCUT2D eigenvalue weighted by atomic mass is 9.94. The summed E-state index contributed by atoms with van der Waals surface area (Å²) < 4.78 is 0.0991. The molecular formula is C11H16OS2. The third-order valence-corrected chi connectivity index (χ3v) is 5.32. The van der Waals surface area contributed by atoms with Crippen LogP contribution in [0.1, 0.15) is 25.3 Å². The molecule has 3 heteroatoms. The van der Waals surface area contributed by atoms with Crippen molar-refractivity contribution in [1.82, 2.24) is 0 Å². The van der Waals surface area contributed by atoms with Crippen molar-refractivity contribution >= 4 is 23.1 Å². The molecule has 1 saturated heterocycles. The highest BCUT2D eigenvalue weighted by molar-refractivity contribution is 8.00. The molecule has 0 amide bonds. The molecule has 1 aromatic rings. The summed E-state index contributed by atoms with van der Waals surface area (Å²) in [6.45, 7) is 2.20. The summed E-state index contributed by atoms with van der Waals surface area (Å²) in [5.74, 6) is 1.21. The highest BCUT2D eigenvalue weighted by Crippen LogP contribution is 2.41. The lowest BCUT2D eigenvalue weighted by Crippen LogP contribution is -2.35. The van der Waals surface area contributed by atoms with Crippen molar-refractivity contribution in [2.75, 3.05) is 5.75 Å². The van der Waals surface area contributed by atoms with Crippen LogP contribution in [0.5, 0.6) is 0 Å². The largest absolute Gasteiger partial charge is 0.391 e. The summed E-state index contributed by atoms with van der Waals surface area (Å²) >= 11 is 3.63. The minimum Gasteiger partial charge on any atom is -0.391 e. The summed E-state index contributed by atoms with van der Waals surface area (Å²) in [6, 6.07) is 2.11. The Morgan fingerprint density at radius 1 is 1.64 bits per heavy atom. The summed E-state index contributed by atoms with van der Waals surface area (Å²) in [7, 11) is 0. The van der Waals surface area contributed by atoms with Crippen LogP contribution in [0.2, 0.25) is 0 Å². The minimum atomic E-state index is -0.190. The number of hydrogen-bond acceptors (Lipinski definition) is 3. The van der Waals surface area contributed by atoms with E-state index in [9.17, 15) is 5.11 Å². The Labute approximate surface area is 93.5 Å². The first-order valence-corrected chi connectivity index (χ1v) is 6.97. The lowest BCUT2D eigenvalue weighted by molar-refractivity contribution is 0.133. The number of aliphatic hydroxyl groups is 1. The van der Waals surface area contributed by atoms with Gasteiger partial charge in [-0.25, -0.2) is 0 Å². The number of rotatable bonds is 3. The third kappa shape index (κ3) is 2.15. The van der Waals surface area contributed by atoms with Crippen LogP contribution >= 0.6 is 23.1 Å². The van der Waals surface area contributed by atoms with Gasteiger partial charge in [0.1, 0.15) is 0 Å². The van der Waals surface area contributed by atoms with Gasteiger partial charge in [-0.15, -0.1) is 0 Å². The van der Waals surface area contributed by atoms with Crippen LogP contribution in [0.15, 0.2) is 16.8 Å². The predicted octanol–water partition coefficient (Wildman–Crippen LogP) is 2.94. The van der Waals surface area contributed by atoms with Crippen molar-refractivity contribution in [3.8, 4) is 0 Å². The van der Waals surface area contributed by atoms with Gasteiger partial charge < -0.3 is 5.11 Å². The first-order chi connectivity index (χ1) is 6.71. The summed E-state index contributed by atoms with van der Waals surface area (Å²) in [5.41, 5.74) is 1.27. The Balaban J connectivity index is 1.98. The van der Waals surface area contributed by atoms with E-state index in [-0.39, 0.29) is 10.9 Å². The van der Waals surface area contributed by atoms with Gasteiger partial charge in [-0.3, -0.25) is 0 Å². The zero-order valence-corrected chi connectivity index (χ0v) is 10.0. The van der Waals surface area contributed by atoms with Crippen LogP contribution < -0.4 is 0 Å². The SMILES string of the molecule is CC1(C(O)Cc2ccsc2)CCCS1. The topological polar surface area (TPSA) is 20.2 Å². The summed E-state index contributed by atoms with van der Waals surface area (Å²) in [5, 5.41) is 14.4. The zero-order chi connectivity index (χ0) is 10.0. The molecule has 1 aliphatic rings. The molecule has 78 valence electrons. The van der Waals surface area contributed by atoms with Crippen LogP contribution in [0.4, 0.5) is 0 Å². The monoisotopic (exact) mass is 228 g/mol. The van der Waals surface area contributed by atoms with Crippen molar-refractivity contribution in [2.24, 2.45) is 0 Å². The Hall–Kier alpha value is 0.01000. The molecule has 2 unspecified atom stereocenters. The molecule has 0 bridgehead atoms. The maximum absolute atomic E-state index is 10.2. The second-order valence-electron chi connectivity index (χ2n) is 4.12. The highest BCUT2D eigenvalue weighted by Gasteiger charge is 2.36. The minimum absolute atomic E-state index is 0.0991. The second kappa shape index (κ2) is 4.25. The highest BCUT2D eigenvalue weighted by atomic mass is 32.2. The smallest absolute Gasteiger partial charge is 0.0724 e. The molecule has 1 fully saturated rings. The number of aliphatic hydroxyl groups excluding tert-OH is 1. The molecule has 0 aromatic carbocycles.